The van der Waals surface area contributed by atoms with Gasteiger partial charge in [-0.2, -0.15) is 8.42 Å². The summed E-state index contributed by atoms with van der Waals surface area (Å²) in [7, 11) is -3.80. The van der Waals surface area contributed by atoms with Crippen molar-refractivity contribution in [3.63, 3.8) is 0 Å². The number of rotatable bonds is 11. The molecule has 0 fully saturated rings. The van der Waals surface area contributed by atoms with Crippen molar-refractivity contribution in [1.29, 1.82) is 0 Å². The van der Waals surface area contributed by atoms with Gasteiger partial charge in [0.05, 0.1) is 12.7 Å². The van der Waals surface area contributed by atoms with E-state index in [0.717, 1.165) is 34.1 Å². The van der Waals surface area contributed by atoms with Crippen LogP contribution in [0.25, 0.3) is 11.1 Å². The molecule has 0 saturated carbocycles. The first-order valence-electron chi connectivity index (χ1n) is 13.5. The maximum Gasteiger partial charge on any atom is 0.323 e. The van der Waals surface area contributed by atoms with E-state index in [9.17, 15) is 18.0 Å². The largest absolute Gasteiger partial charge is 0.464 e. The zero-order valence-electron chi connectivity index (χ0n) is 23.0. The molecule has 0 spiro atoms. The summed E-state index contributed by atoms with van der Waals surface area (Å²) in [6.45, 7) is 0.132. The molecule has 216 valence electrons. The third-order valence-electron chi connectivity index (χ3n) is 7.22. The molecule has 4 aromatic carbocycles. The Labute approximate surface area is 245 Å². The summed E-state index contributed by atoms with van der Waals surface area (Å²) in [5, 5.41) is 0. The van der Waals surface area contributed by atoms with E-state index in [2.05, 4.69) is 0 Å². The second-order valence-electron chi connectivity index (χ2n) is 10.2. The van der Waals surface area contributed by atoms with Gasteiger partial charge in [0.2, 0.25) is 0 Å². The fraction of sp³-hybridized carbons (Fsp3) is 0.212. The first-order chi connectivity index (χ1) is 20.2. The van der Waals surface area contributed by atoms with Gasteiger partial charge < -0.3 is 19.4 Å². The topological polar surface area (TPSA) is 122 Å². The third kappa shape index (κ3) is 6.87. The Hall–Kier alpha value is -4.47. The highest BCUT2D eigenvalue weighted by molar-refractivity contribution is 7.86. The number of benzene rings is 4. The molecule has 1 aliphatic rings. The van der Waals surface area contributed by atoms with Crippen LogP contribution in [0.15, 0.2) is 103 Å². The summed E-state index contributed by atoms with van der Waals surface area (Å²) in [4.78, 5) is 26.3. The lowest BCUT2D eigenvalue weighted by Gasteiger charge is -2.24. The molecule has 42 heavy (non-hydrogen) atoms. The van der Waals surface area contributed by atoms with E-state index >= 15 is 0 Å². The summed E-state index contributed by atoms with van der Waals surface area (Å²) in [5.41, 5.74) is 12.0. The lowest BCUT2D eigenvalue weighted by molar-refractivity contribution is -0.148. The molecule has 0 amide bonds. The Kier molecular flexibility index (Phi) is 8.70. The van der Waals surface area contributed by atoms with Crippen molar-refractivity contribution in [2.24, 2.45) is 5.73 Å². The van der Waals surface area contributed by atoms with Gasteiger partial charge in [0.1, 0.15) is 25.0 Å². The van der Waals surface area contributed by atoms with Crippen LogP contribution in [0.3, 0.4) is 0 Å². The van der Waals surface area contributed by atoms with E-state index < -0.39 is 34.0 Å². The predicted octanol–water partition coefficient (Wildman–Crippen LogP) is 4.93. The molecular formula is C33H31NO7S. The van der Waals surface area contributed by atoms with Crippen molar-refractivity contribution < 1.29 is 31.7 Å². The summed E-state index contributed by atoms with van der Waals surface area (Å²) in [6, 6.07) is 30.1. The average molecular weight is 586 g/mol. The van der Waals surface area contributed by atoms with Gasteiger partial charge in [-0.1, -0.05) is 91.0 Å². The van der Waals surface area contributed by atoms with Crippen LogP contribution in [0.5, 0.6) is 5.75 Å². The van der Waals surface area contributed by atoms with E-state index in [1.807, 2.05) is 78.9 Å². The van der Waals surface area contributed by atoms with Gasteiger partial charge in [0.25, 0.3) is 0 Å². The number of ether oxygens (including phenoxy) is 2. The minimum absolute atomic E-state index is 0.0392. The first kappa shape index (κ1) is 29.0. The number of hydrogen-bond donors (Lipinski definition) is 1. The van der Waals surface area contributed by atoms with Gasteiger partial charge in [-0.25, -0.2) is 0 Å². The number of carbonyl (C=O) groups is 2. The van der Waals surface area contributed by atoms with Crippen molar-refractivity contribution in [3.8, 4) is 16.9 Å². The van der Waals surface area contributed by atoms with Crippen LogP contribution in [0.2, 0.25) is 0 Å². The fourth-order valence-corrected chi connectivity index (χ4v) is 5.72. The minimum Gasteiger partial charge on any atom is -0.464 e. The molecule has 0 saturated heterocycles. The van der Waals surface area contributed by atoms with Gasteiger partial charge in [0, 0.05) is 11.8 Å². The molecule has 0 radical (unpaired) electrons. The summed E-state index contributed by atoms with van der Waals surface area (Å²) < 4.78 is 39.7. The van der Waals surface area contributed by atoms with Crippen LogP contribution in [0, 0.1) is 0 Å². The predicted molar refractivity (Wildman–Crippen MR) is 158 cm³/mol. The number of carbonyl (C=O) groups excluding carboxylic acids is 2. The normalized spacial score (nSPS) is 13.9. The van der Waals surface area contributed by atoms with E-state index in [0.29, 0.717) is 5.56 Å². The second-order valence-corrected chi connectivity index (χ2v) is 11.8. The molecule has 1 aliphatic carbocycles. The minimum atomic E-state index is -3.80. The third-order valence-corrected chi connectivity index (χ3v) is 7.72. The lowest BCUT2D eigenvalue weighted by Crippen LogP contribution is -2.40. The standard InChI is InChI=1S/C33H31NO7S/c1-42(37,38)41-24-13-9-12-23(18-24)29(19-31(35)39-20-22-10-3-2-4-11-22)32(34)33(36)40-21-30-27-16-7-5-14-25(27)26-15-6-8-17-28(26)30/h2-18,29-30,32H,19-21,34H2,1H3. The van der Waals surface area contributed by atoms with Gasteiger partial charge in [-0.05, 0) is 45.5 Å². The molecular weight excluding hydrogens is 554 g/mol. The summed E-state index contributed by atoms with van der Waals surface area (Å²) in [5.74, 6) is -2.24. The zero-order chi connectivity index (χ0) is 29.7. The fourth-order valence-electron chi connectivity index (χ4n) is 5.27. The molecule has 8 nitrogen and oxygen atoms in total. The van der Waals surface area contributed by atoms with Gasteiger partial charge in [-0.3, -0.25) is 9.59 Å². The second kappa shape index (κ2) is 12.6. The summed E-state index contributed by atoms with van der Waals surface area (Å²) >= 11 is 0. The van der Waals surface area contributed by atoms with E-state index in [1.54, 1.807) is 12.1 Å². The summed E-state index contributed by atoms with van der Waals surface area (Å²) in [6.07, 6.45) is 0.695. The number of esters is 2. The molecule has 0 aliphatic heterocycles. The maximum absolute atomic E-state index is 13.4. The molecule has 2 N–H and O–H groups in total. The number of nitrogens with two attached hydrogens (primary N) is 1. The lowest BCUT2D eigenvalue weighted by atomic mass is 9.88. The molecule has 5 rings (SSSR count). The molecule has 0 heterocycles. The van der Waals surface area contributed by atoms with Crippen LogP contribution >= 0.6 is 0 Å². The van der Waals surface area contributed by atoms with Crippen molar-refractivity contribution in [2.75, 3.05) is 12.9 Å². The Morgan fingerprint density at radius 2 is 1.43 bits per heavy atom. The Morgan fingerprint density at radius 3 is 2.07 bits per heavy atom. The molecule has 2 unspecified atom stereocenters. The molecule has 0 aromatic heterocycles. The van der Waals surface area contributed by atoms with Gasteiger partial charge in [0.15, 0.2) is 0 Å². The molecule has 2 atom stereocenters. The molecule has 9 heteroatoms. The maximum atomic E-state index is 13.4. The van der Waals surface area contributed by atoms with Crippen molar-refractivity contribution in [1.82, 2.24) is 0 Å². The van der Waals surface area contributed by atoms with Crippen molar-refractivity contribution >= 4 is 22.1 Å². The number of hydrogen-bond acceptors (Lipinski definition) is 8. The van der Waals surface area contributed by atoms with E-state index in [-0.39, 0.29) is 31.3 Å². The van der Waals surface area contributed by atoms with Gasteiger partial charge in [-0.15, -0.1) is 0 Å². The Bertz CT molecular complexity index is 1640. The van der Waals surface area contributed by atoms with Crippen LogP contribution < -0.4 is 9.92 Å². The molecule has 4 aromatic rings. The monoisotopic (exact) mass is 585 g/mol. The zero-order valence-corrected chi connectivity index (χ0v) is 23.8. The number of fused-ring (bicyclic) bond motifs is 3. The quantitative estimate of drug-likeness (QED) is 0.194. The van der Waals surface area contributed by atoms with Crippen molar-refractivity contribution in [2.45, 2.75) is 30.9 Å². The van der Waals surface area contributed by atoms with Gasteiger partial charge >= 0.3 is 22.1 Å². The SMILES string of the molecule is CS(=O)(=O)Oc1cccc(C(CC(=O)OCc2ccccc2)C(N)C(=O)OCC2c3ccccc3-c3ccccc32)c1. The Balaban J connectivity index is 1.34. The van der Waals surface area contributed by atoms with E-state index in [1.165, 1.54) is 12.1 Å². The van der Waals surface area contributed by atoms with Crippen LogP contribution in [-0.4, -0.2) is 39.3 Å². The van der Waals surface area contributed by atoms with Crippen LogP contribution in [-0.2, 0) is 35.8 Å². The Morgan fingerprint density at radius 1 is 0.810 bits per heavy atom. The highest BCUT2D eigenvalue weighted by Gasteiger charge is 2.33. The smallest absolute Gasteiger partial charge is 0.323 e. The average Bonchev–Trinajstić information content (AvgIpc) is 3.30. The highest BCUT2D eigenvalue weighted by Crippen LogP contribution is 2.44. The van der Waals surface area contributed by atoms with Crippen LogP contribution in [0.4, 0.5) is 0 Å². The highest BCUT2D eigenvalue weighted by atomic mass is 32.2. The van der Waals surface area contributed by atoms with Crippen LogP contribution in [0.1, 0.15) is 40.5 Å². The molecule has 0 bridgehead atoms. The first-order valence-corrected chi connectivity index (χ1v) is 15.3. The van der Waals surface area contributed by atoms with E-state index in [4.69, 9.17) is 19.4 Å². The van der Waals surface area contributed by atoms with Crippen molar-refractivity contribution in [3.05, 3.63) is 125 Å².